The second-order valence-corrected chi connectivity index (χ2v) is 2.86. The Balaban J connectivity index is 2.72. The zero-order chi connectivity index (χ0) is 11.0. The topological polar surface area (TPSA) is 122 Å². The first-order valence-corrected chi connectivity index (χ1v) is 3.97. The fourth-order valence-corrected chi connectivity index (χ4v) is 1.20. The smallest absolute Gasteiger partial charge is 0.337 e. The van der Waals surface area contributed by atoms with Gasteiger partial charge in [0.05, 0.1) is 10.9 Å². The number of hydrogen-bond donors (Lipinski definition) is 3. The van der Waals surface area contributed by atoms with Gasteiger partial charge in [0, 0.05) is 6.20 Å². The number of aromatic carboxylic acids is 1. The van der Waals surface area contributed by atoms with Crippen molar-refractivity contribution in [2.75, 3.05) is 0 Å². The van der Waals surface area contributed by atoms with Crippen molar-refractivity contribution in [3.05, 3.63) is 23.5 Å². The number of nitrogens with one attached hydrogen (secondary N) is 1. The lowest BCUT2D eigenvalue weighted by atomic mass is 10.2. The van der Waals surface area contributed by atoms with Crippen molar-refractivity contribution >= 4 is 22.9 Å². The first kappa shape index (κ1) is 9.13. The highest BCUT2D eigenvalue weighted by molar-refractivity contribution is 6.04. The number of aromatic nitrogens is 3. The Hall–Kier alpha value is -2.44. The lowest BCUT2D eigenvalue weighted by Gasteiger charge is -1.94. The maximum absolute atomic E-state index is 10.9. The number of nitrogens with zero attached hydrogens (tertiary/aromatic N) is 2. The molecule has 2 aromatic heterocycles. The number of carboxylic acid groups (broad SMARTS) is 1. The predicted molar refractivity (Wildman–Crippen MR) is 49.4 cm³/mol. The molecule has 2 aromatic rings. The largest absolute Gasteiger partial charge is 0.478 e. The molecule has 0 radical (unpaired) electrons. The summed E-state index contributed by atoms with van der Waals surface area (Å²) in [5, 5.41) is 15.1. The number of hydrogen-bond acceptors (Lipinski definition) is 4. The van der Waals surface area contributed by atoms with Gasteiger partial charge >= 0.3 is 5.97 Å². The lowest BCUT2D eigenvalue weighted by molar-refractivity contribution is 0.0696. The molecule has 15 heavy (non-hydrogen) atoms. The van der Waals surface area contributed by atoms with Gasteiger partial charge in [-0.3, -0.25) is 9.89 Å². The summed E-state index contributed by atoms with van der Waals surface area (Å²) in [5.74, 6) is -1.83. The van der Waals surface area contributed by atoms with E-state index in [1.165, 1.54) is 6.07 Å². The third-order valence-corrected chi connectivity index (χ3v) is 1.90. The van der Waals surface area contributed by atoms with Gasteiger partial charge in [-0.05, 0) is 6.07 Å². The third-order valence-electron chi connectivity index (χ3n) is 1.90. The summed E-state index contributed by atoms with van der Waals surface area (Å²) in [6, 6.07) is 1.30. The van der Waals surface area contributed by atoms with E-state index in [1.807, 2.05) is 0 Å². The summed E-state index contributed by atoms with van der Waals surface area (Å²) in [6.45, 7) is 0. The number of carbonyl (C=O) groups excluding carboxylic acids is 1. The molecule has 7 heteroatoms. The summed E-state index contributed by atoms with van der Waals surface area (Å²) in [6.07, 6.45) is 1.16. The van der Waals surface area contributed by atoms with Crippen LogP contribution in [0.25, 0.3) is 11.0 Å². The standard InChI is InChI=1S/C8H6N4O3/c9-6(13)5-4-1-3(8(14)15)2-10-7(4)12-11-5/h1-2H,(H2,9,13)(H,14,15)(H,10,11,12). The monoisotopic (exact) mass is 206 g/mol. The van der Waals surface area contributed by atoms with Crippen molar-refractivity contribution in [2.24, 2.45) is 5.73 Å². The Morgan fingerprint density at radius 3 is 2.80 bits per heavy atom. The van der Waals surface area contributed by atoms with Crippen LogP contribution in [0.2, 0.25) is 0 Å². The molecule has 0 fully saturated rings. The van der Waals surface area contributed by atoms with Crippen LogP contribution in [0.4, 0.5) is 0 Å². The molecule has 0 aliphatic rings. The van der Waals surface area contributed by atoms with Crippen LogP contribution in [0.3, 0.4) is 0 Å². The molecule has 0 saturated heterocycles. The van der Waals surface area contributed by atoms with E-state index in [4.69, 9.17) is 10.8 Å². The van der Waals surface area contributed by atoms with Crippen LogP contribution >= 0.6 is 0 Å². The van der Waals surface area contributed by atoms with Gasteiger partial charge < -0.3 is 10.8 Å². The molecule has 0 spiro atoms. The van der Waals surface area contributed by atoms with Crippen molar-refractivity contribution in [3.8, 4) is 0 Å². The third kappa shape index (κ3) is 1.39. The average molecular weight is 206 g/mol. The molecule has 1 amide bonds. The Kier molecular flexibility index (Phi) is 1.86. The number of primary amides is 1. The summed E-state index contributed by atoms with van der Waals surface area (Å²) >= 11 is 0. The number of fused-ring (bicyclic) bond motifs is 1. The quantitative estimate of drug-likeness (QED) is 0.625. The number of carbonyl (C=O) groups is 2. The van der Waals surface area contributed by atoms with Crippen LogP contribution in [0.1, 0.15) is 20.8 Å². The van der Waals surface area contributed by atoms with E-state index in [1.54, 1.807) is 0 Å². The van der Waals surface area contributed by atoms with Gasteiger partial charge in [-0.15, -0.1) is 0 Å². The fourth-order valence-electron chi connectivity index (χ4n) is 1.20. The zero-order valence-electron chi connectivity index (χ0n) is 7.39. The normalized spacial score (nSPS) is 10.4. The molecule has 2 rings (SSSR count). The molecule has 0 aliphatic heterocycles. The molecule has 7 nitrogen and oxygen atoms in total. The number of pyridine rings is 1. The van der Waals surface area contributed by atoms with Crippen molar-refractivity contribution in [1.29, 1.82) is 0 Å². The molecule has 0 atom stereocenters. The highest BCUT2D eigenvalue weighted by Gasteiger charge is 2.13. The van der Waals surface area contributed by atoms with E-state index in [0.29, 0.717) is 5.39 Å². The minimum absolute atomic E-state index is 0.0219. The van der Waals surface area contributed by atoms with Crippen LogP contribution in [0.15, 0.2) is 12.3 Å². The molecule has 0 aliphatic carbocycles. The van der Waals surface area contributed by atoms with E-state index < -0.39 is 11.9 Å². The van der Waals surface area contributed by atoms with E-state index in [-0.39, 0.29) is 16.9 Å². The highest BCUT2D eigenvalue weighted by Crippen LogP contribution is 2.14. The Morgan fingerprint density at radius 2 is 2.20 bits per heavy atom. The molecule has 0 bridgehead atoms. The fraction of sp³-hybridized carbons (Fsp3) is 0. The number of rotatable bonds is 2. The Labute approximate surface area is 82.9 Å². The van der Waals surface area contributed by atoms with Gasteiger partial charge in [0.25, 0.3) is 5.91 Å². The summed E-state index contributed by atoms with van der Waals surface area (Å²) in [7, 11) is 0. The SMILES string of the molecule is NC(=O)c1[nH]nc2ncc(C(=O)O)cc12. The summed E-state index contributed by atoms with van der Waals surface area (Å²) < 4.78 is 0. The van der Waals surface area contributed by atoms with Crippen LogP contribution in [0.5, 0.6) is 0 Å². The van der Waals surface area contributed by atoms with Gasteiger partial charge in [-0.25, -0.2) is 9.78 Å². The first-order valence-electron chi connectivity index (χ1n) is 3.97. The molecule has 2 heterocycles. The van der Waals surface area contributed by atoms with E-state index in [2.05, 4.69) is 15.2 Å². The Bertz CT molecular complexity index is 560. The summed E-state index contributed by atoms with van der Waals surface area (Å²) in [4.78, 5) is 25.4. The van der Waals surface area contributed by atoms with Crippen molar-refractivity contribution in [3.63, 3.8) is 0 Å². The van der Waals surface area contributed by atoms with Gasteiger partial charge in [0.1, 0.15) is 5.69 Å². The molecule has 0 aromatic carbocycles. The van der Waals surface area contributed by atoms with Crippen molar-refractivity contribution < 1.29 is 14.7 Å². The van der Waals surface area contributed by atoms with E-state index in [0.717, 1.165) is 6.20 Å². The molecular formula is C8H6N4O3. The second kappa shape index (κ2) is 3.05. The van der Waals surface area contributed by atoms with Crippen LogP contribution in [0, 0.1) is 0 Å². The zero-order valence-corrected chi connectivity index (χ0v) is 7.39. The molecule has 0 unspecified atom stereocenters. The van der Waals surface area contributed by atoms with Gasteiger partial charge in [-0.2, -0.15) is 5.10 Å². The molecule has 4 N–H and O–H groups in total. The molecule has 0 saturated carbocycles. The lowest BCUT2D eigenvalue weighted by Crippen LogP contribution is -2.11. The number of nitrogens with two attached hydrogens (primary N) is 1. The maximum Gasteiger partial charge on any atom is 0.337 e. The van der Waals surface area contributed by atoms with E-state index >= 15 is 0 Å². The first-order chi connectivity index (χ1) is 7.09. The van der Waals surface area contributed by atoms with Crippen molar-refractivity contribution in [1.82, 2.24) is 15.2 Å². The number of aromatic amines is 1. The molecular weight excluding hydrogens is 200 g/mol. The minimum atomic E-state index is -1.12. The van der Waals surface area contributed by atoms with Gasteiger partial charge in [0.15, 0.2) is 5.65 Å². The number of H-pyrrole nitrogens is 1. The summed E-state index contributed by atoms with van der Waals surface area (Å²) in [5.41, 5.74) is 5.36. The van der Waals surface area contributed by atoms with Gasteiger partial charge in [0.2, 0.25) is 0 Å². The maximum atomic E-state index is 10.9. The number of carboxylic acids is 1. The van der Waals surface area contributed by atoms with E-state index in [9.17, 15) is 9.59 Å². The minimum Gasteiger partial charge on any atom is -0.478 e. The van der Waals surface area contributed by atoms with Crippen molar-refractivity contribution in [2.45, 2.75) is 0 Å². The average Bonchev–Trinajstić information content (AvgIpc) is 2.59. The highest BCUT2D eigenvalue weighted by atomic mass is 16.4. The van der Waals surface area contributed by atoms with Crippen LogP contribution in [-0.2, 0) is 0 Å². The number of amides is 1. The second-order valence-electron chi connectivity index (χ2n) is 2.86. The van der Waals surface area contributed by atoms with Crippen LogP contribution < -0.4 is 5.73 Å². The molecule has 76 valence electrons. The van der Waals surface area contributed by atoms with Crippen LogP contribution in [-0.4, -0.2) is 32.2 Å². The van der Waals surface area contributed by atoms with Gasteiger partial charge in [-0.1, -0.05) is 0 Å². The Morgan fingerprint density at radius 1 is 1.47 bits per heavy atom. The predicted octanol–water partition coefficient (Wildman–Crippen LogP) is -0.245.